The molecule has 8 nitrogen and oxygen atoms in total. The Bertz CT molecular complexity index is 1160. The molecule has 0 saturated carbocycles. The largest absolute Gasteiger partial charge is 0.349 e. The van der Waals surface area contributed by atoms with Crippen LogP contribution in [-0.4, -0.2) is 84.0 Å². The number of amides is 3. The summed E-state index contributed by atoms with van der Waals surface area (Å²) in [4.78, 5) is 41.3. The summed E-state index contributed by atoms with van der Waals surface area (Å²) in [5.74, 6) is -3.33. The lowest BCUT2D eigenvalue weighted by molar-refractivity contribution is -0.136. The number of hydrogen-bond donors (Lipinski definition) is 3. The summed E-state index contributed by atoms with van der Waals surface area (Å²) in [5, 5.41) is 5.57. The third-order valence-corrected chi connectivity index (χ3v) is 8.06. The number of rotatable bonds is 11. The fourth-order valence-corrected chi connectivity index (χ4v) is 5.78. The highest BCUT2D eigenvalue weighted by Gasteiger charge is 2.35. The molecule has 0 radical (unpaired) electrons. The first-order chi connectivity index (χ1) is 18.9. The zero-order valence-corrected chi connectivity index (χ0v) is 24.1. The van der Waals surface area contributed by atoms with Gasteiger partial charge in [0.1, 0.15) is 5.82 Å². The Labute approximate surface area is 237 Å². The molecule has 0 aromatic heterocycles. The molecule has 1 heterocycles. The van der Waals surface area contributed by atoms with E-state index in [1.807, 2.05) is 32.1 Å². The molecule has 0 bridgehead atoms. The maximum Gasteiger partial charge on any atom is 0.253 e. The van der Waals surface area contributed by atoms with E-state index in [0.29, 0.717) is 31.3 Å². The average Bonchev–Trinajstić information content (AvgIpc) is 3.39. The molecule has 1 aromatic carbocycles. The number of halogens is 3. The van der Waals surface area contributed by atoms with Gasteiger partial charge in [-0.1, -0.05) is 32.1 Å². The monoisotopic (exact) mass is 581 g/mol. The SMILES string of the molecule is CC(C)[C@@H](NC1C=CC(CNC(=O)[C@@H]2SCCN2C(=O)C[C@H](N)Cc2cc(F)c(F)cc2F)=CC1)C(=O)N(C)C. The molecule has 2 aliphatic rings. The number of carbonyl (C=O) groups excluding carboxylic acids is 3. The first kappa shape index (κ1) is 31.7. The summed E-state index contributed by atoms with van der Waals surface area (Å²) in [6, 6.07) is 0.0714. The minimum Gasteiger partial charge on any atom is -0.349 e. The van der Waals surface area contributed by atoms with Gasteiger partial charge in [0.05, 0.1) is 6.04 Å². The number of carbonyl (C=O) groups is 3. The molecule has 40 heavy (non-hydrogen) atoms. The van der Waals surface area contributed by atoms with E-state index in [0.717, 1.165) is 11.6 Å². The molecule has 0 spiro atoms. The van der Waals surface area contributed by atoms with Gasteiger partial charge in [0.25, 0.3) is 5.91 Å². The van der Waals surface area contributed by atoms with E-state index in [1.54, 1.807) is 19.0 Å². The van der Waals surface area contributed by atoms with E-state index in [4.69, 9.17) is 5.73 Å². The minimum absolute atomic E-state index is 0.00154. The van der Waals surface area contributed by atoms with E-state index in [1.165, 1.54) is 16.7 Å². The van der Waals surface area contributed by atoms with Crippen LogP contribution in [0.15, 0.2) is 35.9 Å². The van der Waals surface area contributed by atoms with Crippen LogP contribution in [0.2, 0.25) is 0 Å². The Morgan fingerprint density at radius 1 is 1.15 bits per heavy atom. The van der Waals surface area contributed by atoms with Crippen molar-refractivity contribution in [3.8, 4) is 0 Å². The highest BCUT2D eigenvalue weighted by molar-refractivity contribution is 8.00. The standard InChI is InChI=1S/C28H38F3N5O3S/c1-16(2)25(27(39)35(3)4)34-20-7-5-17(6-8-20)15-33-26(38)28-36(9-10-40-28)24(37)13-19(32)11-18-12-22(30)23(31)14-21(18)29/h5-7,12,14,16,19-20,25,28,34H,8-11,13,15,32H2,1-4H3,(H,33,38)/t19-,20?,25-,28+/m1/s1. The van der Waals surface area contributed by atoms with Crippen molar-refractivity contribution in [1.29, 1.82) is 0 Å². The molecule has 3 rings (SSSR count). The van der Waals surface area contributed by atoms with Gasteiger partial charge >= 0.3 is 0 Å². The van der Waals surface area contributed by atoms with Crippen molar-refractivity contribution >= 4 is 29.5 Å². The summed E-state index contributed by atoms with van der Waals surface area (Å²) in [7, 11) is 3.47. The third kappa shape index (κ3) is 8.34. The normalized spacial score (nSPS) is 20.3. The summed E-state index contributed by atoms with van der Waals surface area (Å²) < 4.78 is 40.6. The molecule has 220 valence electrons. The lowest BCUT2D eigenvalue weighted by Gasteiger charge is -2.29. The molecule has 1 aromatic rings. The van der Waals surface area contributed by atoms with Gasteiger partial charge in [-0.3, -0.25) is 19.7 Å². The van der Waals surface area contributed by atoms with Crippen molar-refractivity contribution in [1.82, 2.24) is 20.4 Å². The number of nitrogens with one attached hydrogen (secondary N) is 2. The highest BCUT2D eigenvalue weighted by atomic mass is 32.2. The quantitative estimate of drug-likeness (QED) is 0.347. The van der Waals surface area contributed by atoms with E-state index in [-0.39, 0.29) is 54.1 Å². The van der Waals surface area contributed by atoms with Gasteiger partial charge in [0.15, 0.2) is 17.0 Å². The fourth-order valence-electron chi connectivity index (χ4n) is 4.61. The van der Waals surface area contributed by atoms with Gasteiger partial charge in [0.2, 0.25) is 11.8 Å². The molecule has 1 unspecified atom stereocenters. The van der Waals surface area contributed by atoms with Gasteiger partial charge < -0.3 is 20.9 Å². The summed E-state index contributed by atoms with van der Waals surface area (Å²) >= 11 is 1.34. The van der Waals surface area contributed by atoms with Gasteiger partial charge in [0, 0.05) is 57.5 Å². The Morgan fingerprint density at radius 2 is 1.85 bits per heavy atom. The van der Waals surface area contributed by atoms with Crippen molar-refractivity contribution in [3.63, 3.8) is 0 Å². The van der Waals surface area contributed by atoms with Gasteiger partial charge in [-0.15, -0.1) is 11.8 Å². The highest BCUT2D eigenvalue weighted by Crippen LogP contribution is 2.25. The van der Waals surface area contributed by atoms with E-state index in [2.05, 4.69) is 10.6 Å². The van der Waals surface area contributed by atoms with Crippen molar-refractivity contribution in [2.75, 3.05) is 32.9 Å². The van der Waals surface area contributed by atoms with Gasteiger partial charge in [-0.25, -0.2) is 13.2 Å². The van der Waals surface area contributed by atoms with Crippen LogP contribution >= 0.6 is 11.8 Å². The first-order valence-corrected chi connectivity index (χ1v) is 14.3. The molecule has 12 heteroatoms. The second kappa shape index (κ2) is 14.2. The number of nitrogens with two attached hydrogens (primary N) is 1. The summed E-state index contributed by atoms with van der Waals surface area (Å²) in [6.07, 6.45) is 6.27. The number of hydrogen-bond acceptors (Lipinski definition) is 6. The first-order valence-electron chi connectivity index (χ1n) is 13.3. The predicted molar refractivity (Wildman–Crippen MR) is 150 cm³/mol. The molecule has 3 amide bonds. The molecule has 1 fully saturated rings. The lowest BCUT2D eigenvalue weighted by atomic mass is 9.98. The maximum absolute atomic E-state index is 14.0. The van der Waals surface area contributed by atoms with E-state index >= 15 is 0 Å². The van der Waals surface area contributed by atoms with Crippen LogP contribution in [0, 0.1) is 23.4 Å². The smallest absolute Gasteiger partial charge is 0.253 e. The number of nitrogens with zero attached hydrogens (tertiary/aromatic N) is 2. The Morgan fingerprint density at radius 3 is 2.48 bits per heavy atom. The van der Waals surface area contributed by atoms with E-state index in [9.17, 15) is 27.6 Å². The van der Waals surface area contributed by atoms with E-state index < -0.39 is 28.9 Å². The van der Waals surface area contributed by atoms with Gasteiger partial charge in [-0.05, 0) is 36.0 Å². The van der Waals surface area contributed by atoms with Crippen LogP contribution in [-0.2, 0) is 20.8 Å². The molecule has 1 aliphatic carbocycles. The van der Waals surface area contributed by atoms with Crippen LogP contribution in [0.1, 0.15) is 32.3 Å². The zero-order valence-electron chi connectivity index (χ0n) is 23.3. The maximum atomic E-state index is 14.0. The Kier molecular flexibility index (Phi) is 11.2. The Balaban J connectivity index is 1.49. The predicted octanol–water partition coefficient (Wildman–Crippen LogP) is 2.34. The summed E-state index contributed by atoms with van der Waals surface area (Å²) in [5.41, 5.74) is 6.83. The van der Waals surface area contributed by atoms with Crippen LogP contribution in [0.3, 0.4) is 0 Å². The number of benzene rings is 1. The van der Waals surface area contributed by atoms with Crippen LogP contribution in [0.5, 0.6) is 0 Å². The minimum atomic E-state index is -1.29. The third-order valence-electron chi connectivity index (χ3n) is 6.85. The fraction of sp³-hybridized carbons (Fsp3) is 0.536. The lowest BCUT2D eigenvalue weighted by Crippen LogP contribution is -2.50. The van der Waals surface area contributed by atoms with Crippen molar-refractivity contribution in [3.05, 3.63) is 58.9 Å². The second-order valence-corrected chi connectivity index (χ2v) is 11.8. The second-order valence-electron chi connectivity index (χ2n) is 10.7. The van der Waals surface area contributed by atoms with Crippen LogP contribution in [0.4, 0.5) is 13.2 Å². The number of thioether (sulfide) groups is 1. The van der Waals surface area contributed by atoms with Crippen LogP contribution in [0.25, 0.3) is 0 Å². The average molecular weight is 582 g/mol. The molecule has 4 N–H and O–H groups in total. The molecule has 4 atom stereocenters. The van der Waals surface area contributed by atoms with Crippen molar-refractivity contribution < 1.29 is 27.6 Å². The van der Waals surface area contributed by atoms with Crippen molar-refractivity contribution in [2.24, 2.45) is 11.7 Å². The zero-order chi connectivity index (χ0) is 29.6. The molecular weight excluding hydrogens is 543 g/mol. The number of likely N-dealkylation sites (N-methyl/N-ethyl adjacent to an activating group) is 1. The Hall–Kier alpha value is -2.83. The van der Waals surface area contributed by atoms with Crippen LogP contribution < -0.4 is 16.4 Å². The molecular formula is C28H38F3N5O3S. The van der Waals surface area contributed by atoms with Crippen molar-refractivity contribution in [2.45, 2.75) is 56.6 Å². The molecule has 1 aliphatic heterocycles. The van der Waals surface area contributed by atoms with Gasteiger partial charge in [-0.2, -0.15) is 0 Å². The topological polar surface area (TPSA) is 108 Å². The summed E-state index contributed by atoms with van der Waals surface area (Å²) in [6.45, 7) is 4.65. The molecule has 1 saturated heterocycles.